The van der Waals surface area contributed by atoms with Crippen molar-refractivity contribution in [3.8, 4) is 34.5 Å². The van der Waals surface area contributed by atoms with Crippen molar-refractivity contribution in [2.45, 2.75) is 110 Å². The number of benzene rings is 8. The fourth-order valence-corrected chi connectivity index (χ4v) is 19.8. The van der Waals surface area contributed by atoms with Gasteiger partial charge in [-0.1, -0.05) is 143 Å². The quantitative estimate of drug-likeness (QED) is 0.0319. The fourth-order valence-electron chi connectivity index (χ4n) is 15.4. The average Bonchev–Trinajstić information content (AvgIpc) is 1.58. The summed E-state index contributed by atoms with van der Waals surface area (Å²) in [4.78, 5) is 33.6. The molecule has 18 nitrogen and oxygen atoms in total. The minimum absolute atomic E-state index is 0. The second kappa shape index (κ2) is 45.6. The molecule has 4 heterocycles. The number of isocyanates is 1. The number of likely N-dealkylation sites (tertiary alicyclic amines) is 2. The first-order valence-electron chi connectivity index (χ1n) is 36.4. The number of hydrogen-bond donors (Lipinski definition) is 2. The van der Waals surface area contributed by atoms with Crippen molar-refractivity contribution in [2.75, 3.05) is 109 Å². The number of ether oxygens (including phenoxy) is 8. The van der Waals surface area contributed by atoms with Gasteiger partial charge >= 0.3 is 6.03 Å². The zero-order valence-electron chi connectivity index (χ0n) is 65.3. The molecule has 0 bridgehead atoms. The monoisotopic (exact) mass is 1760 g/mol. The van der Waals surface area contributed by atoms with E-state index in [9.17, 15) is 26.8 Å². The van der Waals surface area contributed by atoms with Gasteiger partial charge in [-0.3, -0.25) is 8.42 Å². The van der Waals surface area contributed by atoms with Gasteiger partial charge in [-0.25, -0.2) is 23.4 Å². The molecule has 0 aliphatic carbocycles. The Balaban J connectivity index is 0.000000308. The molecule has 4 aliphatic rings. The van der Waals surface area contributed by atoms with Gasteiger partial charge in [0.05, 0.1) is 116 Å². The highest BCUT2D eigenvalue weighted by atomic mass is 35.5. The Kier molecular flexibility index (Phi) is 38.6. The molecule has 2 amide bonds. The van der Waals surface area contributed by atoms with Gasteiger partial charge in [0.2, 0.25) is 17.6 Å². The molecule has 114 heavy (non-hydrogen) atoms. The van der Waals surface area contributed by atoms with Gasteiger partial charge in [0.1, 0.15) is 11.6 Å². The predicted molar refractivity (Wildman–Crippen MR) is 473 cm³/mol. The first-order valence-corrected chi connectivity index (χ1v) is 40.6. The van der Waals surface area contributed by atoms with E-state index in [1.165, 1.54) is 40.5 Å². The summed E-state index contributed by atoms with van der Waals surface area (Å²) >= 11 is 25.8. The molecule has 2 saturated heterocycles. The van der Waals surface area contributed by atoms with E-state index < -0.39 is 44.5 Å². The predicted octanol–water partition coefficient (Wildman–Crippen LogP) is 17.2. The molecule has 620 valence electrons. The molecule has 2 N–H and O–H groups in total. The standard InChI is InChI=1S/C42H48Cl2FN3O6S.C34H42Cl2N2O5S.C8H6FNO.4H2S/c1-47(40(49)46-25-30-10-6-8-13-36(30)45)41(32-14-15-34(43)35(44)24-32,28-54-26-29-22-37(51-2)39(53-4)38(23-29)52-3)16-9-19-48-20-17-42(18-21-48)33-12-7-5-11-31(33)27-55(42)50;1-37-33(26-10-11-28(35)29(36)20-26,23-43-21-24-18-30(40-2)32(42-4)31(19-24)41-3)12-7-15-38-16-13-34(14-17-38)27-9-6-5-8-25(27)22-44(34)39;9-8-4-2-1-3-7(8)5-10-6-11;;;;/h5-8,10-15,22-24H,9,16-21,25-28H2,1-4H3,(H,46,49);5-6,8-11,18-20,37H,7,12-17,21-23H2,1-4H3;1-4H,5H2;4*1H2/t41-,55?;33-,44?;;;;;/m11...../s1. The van der Waals surface area contributed by atoms with Crippen LogP contribution >= 0.6 is 100 Å². The summed E-state index contributed by atoms with van der Waals surface area (Å²) in [5.41, 5.74) is 7.71. The summed E-state index contributed by atoms with van der Waals surface area (Å²) in [6.07, 6.45) is 7.83. The van der Waals surface area contributed by atoms with Crippen LogP contribution in [0.5, 0.6) is 34.5 Å². The number of halogens is 6. The van der Waals surface area contributed by atoms with E-state index in [0.29, 0.717) is 103 Å². The topological polar surface area (TPSA) is 188 Å². The number of fused-ring (bicyclic) bond motifs is 4. The summed E-state index contributed by atoms with van der Waals surface area (Å²) < 4.78 is 99.6. The van der Waals surface area contributed by atoms with E-state index in [1.54, 1.807) is 103 Å². The Labute approximate surface area is 722 Å². The molecule has 4 aliphatic heterocycles. The molecule has 30 heteroatoms. The van der Waals surface area contributed by atoms with E-state index in [-0.39, 0.29) is 95.6 Å². The van der Waals surface area contributed by atoms with E-state index in [1.807, 2.05) is 67.7 Å². The first kappa shape index (κ1) is 96.6. The smallest absolute Gasteiger partial charge is 0.318 e. The normalized spacial score (nSPS) is 16.5. The maximum absolute atomic E-state index is 14.6. The lowest BCUT2D eigenvalue weighted by Gasteiger charge is -2.43. The van der Waals surface area contributed by atoms with Gasteiger partial charge in [0.25, 0.3) is 0 Å². The van der Waals surface area contributed by atoms with Crippen molar-refractivity contribution in [3.05, 3.63) is 245 Å². The summed E-state index contributed by atoms with van der Waals surface area (Å²) in [5, 5.41) is 8.25. The third kappa shape index (κ3) is 22.8. The third-order valence-corrected chi connectivity index (χ3v) is 27.2. The number of urea groups is 1. The highest BCUT2D eigenvalue weighted by Crippen LogP contribution is 2.49. The third-order valence-electron chi connectivity index (χ3n) is 21.6. The molecule has 0 aromatic heterocycles. The summed E-state index contributed by atoms with van der Waals surface area (Å²) in [7, 11) is 11.3. The van der Waals surface area contributed by atoms with Gasteiger partial charge in [-0.15, -0.1) is 0 Å². The molecule has 12 rings (SSSR count). The lowest BCUT2D eigenvalue weighted by atomic mass is 9.83. The molecule has 8 aromatic rings. The Morgan fingerprint density at radius 3 is 1.39 bits per heavy atom. The molecule has 0 saturated carbocycles. The molecule has 2 spiro atoms. The number of nitrogens with one attached hydrogen (secondary N) is 2. The molecular weight excluding hydrogens is 1660 g/mol. The summed E-state index contributed by atoms with van der Waals surface area (Å²) in [5.74, 6) is 3.73. The van der Waals surface area contributed by atoms with Crippen LogP contribution in [-0.4, -0.2) is 144 Å². The van der Waals surface area contributed by atoms with Gasteiger partial charge in [-0.05, 0) is 203 Å². The minimum atomic E-state index is -1.03. The van der Waals surface area contributed by atoms with Crippen LogP contribution in [0.15, 0.2) is 163 Å². The van der Waals surface area contributed by atoms with Crippen molar-refractivity contribution < 1.29 is 64.7 Å². The number of carbonyl (C=O) groups is 1. The average molecular weight is 1760 g/mol. The Morgan fingerprint density at radius 2 is 0.956 bits per heavy atom. The number of hydrogen-bond acceptors (Lipinski definition) is 16. The molecule has 0 radical (unpaired) electrons. The molecule has 4 atom stereocenters. The second-order valence-electron chi connectivity index (χ2n) is 27.7. The van der Waals surface area contributed by atoms with Crippen LogP contribution in [0, 0.1) is 11.6 Å². The van der Waals surface area contributed by atoms with Crippen molar-refractivity contribution in [1.29, 1.82) is 0 Å². The van der Waals surface area contributed by atoms with Crippen LogP contribution < -0.4 is 39.1 Å². The molecule has 2 unspecified atom stereocenters. The number of likely N-dealkylation sites (N-methyl/N-ethyl adjacent to an activating group) is 2. The zero-order valence-corrected chi connectivity index (χ0v) is 74.0. The number of amides is 2. The highest BCUT2D eigenvalue weighted by molar-refractivity contribution is 7.85. The van der Waals surface area contributed by atoms with Crippen LogP contribution in [0.1, 0.15) is 107 Å². The van der Waals surface area contributed by atoms with E-state index >= 15 is 0 Å². The van der Waals surface area contributed by atoms with Gasteiger partial charge in [0.15, 0.2) is 23.0 Å². The largest absolute Gasteiger partial charge is 0.493 e. The van der Waals surface area contributed by atoms with Crippen molar-refractivity contribution in [3.63, 3.8) is 0 Å². The second-order valence-corrected chi connectivity index (χ2v) is 32.8. The Hall–Kier alpha value is -6.27. The van der Waals surface area contributed by atoms with Gasteiger partial charge < -0.3 is 63.2 Å². The van der Waals surface area contributed by atoms with Crippen molar-refractivity contribution in [2.24, 2.45) is 4.99 Å². The Bertz CT molecular complexity index is 4540. The van der Waals surface area contributed by atoms with Crippen LogP contribution in [0.4, 0.5) is 13.6 Å². The van der Waals surface area contributed by atoms with E-state index in [4.69, 9.17) is 84.3 Å². The Morgan fingerprint density at radius 1 is 0.544 bits per heavy atom. The zero-order chi connectivity index (χ0) is 78.6. The number of nitrogens with zero attached hydrogens (tertiary/aromatic N) is 4. The van der Waals surface area contributed by atoms with Crippen LogP contribution in [0.3, 0.4) is 0 Å². The summed E-state index contributed by atoms with van der Waals surface area (Å²) in [6.45, 7) is 6.30. The van der Waals surface area contributed by atoms with Gasteiger partial charge in [-0.2, -0.15) is 54.0 Å². The fraction of sp³-hybridized carbons (Fsp3) is 0.405. The van der Waals surface area contributed by atoms with Crippen LogP contribution in [0.25, 0.3) is 0 Å². The molecule has 2 fully saturated rings. The lowest BCUT2D eigenvalue weighted by Crippen LogP contribution is -2.54. The maximum atomic E-state index is 14.6. The van der Waals surface area contributed by atoms with Gasteiger partial charge in [0, 0.05) is 57.8 Å². The number of piperidine rings is 2. The number of aliphatic imine (C=N–C) groups is 1. The van der Waals surface area contributed by atoms with Crippen LogP contribution in [0.2, 0.25) is 20.1 Å². The molecular formula is C84H104Cl4F2N6O12S6. The van der Waals surface area contributed by atoms with E-state index in [0.717, 1.165) is 100 Å². The van der Waals surface area contributed by atoms with Crippen molar-refractivity contribution >= 4 is 134 Å². The maximum Gasteiger partial charge on any atom is 0.318 e. The number of methoxy groups -OCH3 is 6. The first-order chi connectivity index (χ1) is 53.2. The highest BCUT2D eigenvalue weighted by Gasteiger charge is 2.49. The number of rotatable bonds is 30. The number of carbonyl (C=O) groups excluding carboxylic acids is 2. The summed E-state index contributed by atoms with van der Waals surface area (Å²) in [6, 6.07) is 47.5. The lowest BCUT2D eigenvalue weighted by molar-refractivity contribution is 0.00242. The van der Waals surface area contributed by atoms with Crippen LogP contribution in [-0.2, 0) is 94.2 Å². The SMILES string of the molecule is CN[C@](CCCN1CCC2(CC1)c1ccccc1CS2=O)(COCc1cc(OC)c(OC)c(OC)c1)c1ccc(Cl)c(Cl)c1.COc1cc(COC[C@](CCCN2CCC3(CC2)c2ccccc2CS3=O)(c2ccc(Cl)c(Cl)c2)N(C)C(=O)NCc2ccccc2F)cc(OC)c1OC.O=C=NCc1ccccc1F.S.S.S.S. The minimum Gasteiger partial charge on any atom is -0.493 e. The molecule has 8 aromatic carbocycles. The van der Waals surface area contributed by atoms with E-state index in [2.05, 4.69) is 61.8 Å². The van der Waals surface area contributed by atoms with Crippen molar-refractivity contribution in [1.82, 2.24) is 25.3 Å².